The van der Waals surface area contributed by atoms with E-state index in [0.717, 1.165) is 16.7 Å². The molecule has 0 bridgehead atoms. The fraction of sp³-hybridized carbons (Fsp3) is 0.0625. The van der Waals surface area contributed by atoms with E-state index in [9.17, 15) is 5.21 Å². The van der Waals surface area contributed by atoms with Gasteiger partial charge in [0.25, 0.3) is 0 Å². The van der Waals surface area contributed by atoms with Gasteiger partial charge in [-0.25, -0.2) is 4.98 Å². The highest BCUT2D eigenvalue weighted by molar-refractivity contribution is 6.42. The van der Waals surface area contributed by atoms with Crippen LogP contribution in [0.1, 0.15) is 6.92 Å². The predicted molar refractivity (Wildman–Crippen MR) is 87.5 cm³/mol. The Balaban J connectivity index is 1.91. The number of hydrogen-bond acceptors (Lipinski definition) is 5. The van der Waals surface area contributed by atoms with Crippen LogP contribution >= 0.6 is 0 Å². The number of rotatable bonds is 3. The lowest BCUT2D eigenvalue weighted by Crippen LogP contribution is -2.21. The highest BCUT2D eigenvalue weighted by Gasteiger charge is 2.11. The fourth-order valence-electron chi connectivity index (χ4n) is 2.13. The summed E-state index contributed by atoms with van der Waals surface area (Å²) in [6.07, 6.45) is 1.61. The molecule has 2 N–H and O–H groups in total. The van der Waals surface area contributed by atoms with Crippen LogP contribution < -0.4 is 5.43 Å². The molecule has 0 unspecified atom stereocenters. The van der Waals surface area contributed by atoms with Crippen molar-refractivity contribution in [3.63, 3.8) is 0 Å². The number of para-hydroxylation sites is 3. The highest BCUT2D eigenvalue weighted by Crippen LogP contribution is 2.12. The smallest absolute Gasteiger partial charge is 0.201 e. The van der Waals surface area contributed by atoms with Gasteiger partial charge >= 0.3 is 0 Å². The van der Waals surface area contributed by atoms with Gasteiger partial charge in [0.15, 0.2) is 0 Å². The normalized spacial score (nSPS) is 12.6. The van der Waals surface area contributed by atoms with Crippen molar-refractivity contribution < 1.29 is 5.21 Å². The number of hydrazone groups is 1. The first kappa shape index (κ1) is 13.8. The number of oxime groups is 1. The molecule has 0 spiro atoms. The third kappa shape index (κ3) is 2.67. The minimum atomic E-state index is 0.317. The Morgan fingerprint density at radius 2 is 1.82 bits per heavy atom. The van der Waals surface area contributed by atoms with E-state index in [1.807, 2.05) is 54.6 Å². The van der Waals surface area contributed by atoms with Crippen LogP contribution in [0.25, 0.3) is 11.0 Å². The van der Waals surface area contributed by atoms with Gasteiger partial charge in [-0.05, 0) is 31.2 Å². The summed E-state index contributed by atoms with van der Waals surface area (Å²) in [7, 11) is 0. The number of imidazole rings is 1. The average Bonchev–Trinajstić information content (AvgIpc) is 2.99. The SMILES string of the molecule is CC(=N/Nc1ccccc1)/C(=N/O)n1cnc2ccccc21. The first-order valence-electron chi connectivity index (χ1n) is 6.80. The maximum absolute atomic E-state index is 9.36. The molecule has 0 radical (unpaired) electrons. The maximum atomic E-state index is 9.36. The Hall–Kier alpha value is -3.15. The average molecular weight is 293 g/mol. The lowest BCUT2D eigenvalue weighted by atomic mass is 10.3. The Morgan fingerprint density at radius 1 is 1.09 bits per heavy atom. The first-order valence-corrected chi connectivity index (χ1v) is 6.80. The molecule has 6 nitrogen and oxygen atoms in total. The second kappa shape index (κ2) is 6.09. The van der Waals surface area contributed by atoms with Crippen LogP contribution in [-0.2, 0) is 0 Å². The lowest BCUT2D eigenvalue weighted by Gasteiger charge is -2.07. The topological polar surface area (TPSA) is 74.8 Å². The van der Waals surface area contributed by atoms with E-state index < -0.39 is 0 Å². The van der Waals surface area contributed by atoms with Crippen LogP contribution in [0.5, 0.6) is 0 Å². The summed E-state index contributed by atoms with van der Waals surface area (Å²) in [5.41, 5.74) is 6.00. The van der Waals surface area contributed by atoms with E-state index in [1.165, 1.54) is 0 Å². The van der Waals surface area contributed by atoms with Gasteiger partial charge in [0.05, 0.1) is 16.7 Å². The summed E-state index contributed by atoms with van der Waals surface area (Å²) in [6.45, 7) is 1.76. The maximum Gasteiger partial charge on any atom is 0.201 e. The molecule has 1 aromatic heterocycles. The summed E-state index contributed by atoms with van der Waals surface area (Å²) < 4.78 is 1.70. The molecular weight excluding hydrogens is 278 g/mol. The van der Waals surface area contributed by atoms with Gasteiger partial charge in [-0.1, -0.05) is 35.5 Å². The van der Waals surface area contributed by atoms with Crippen molar-refractivity contribution >= 4 is 28.3 Å². The van der Waals surface area contributed by atoms with Crippen LogP contribution in [0, 0.1) is 0 Å². The van der Waals surface area contributed by atoms with Crippen molar-refractivity contribution in [3.05, 3.63) is 60.9 Å². The Kier molecular flexibility index (Phi) is 3.82. The minimum absolute atomic E-state index is 0.317. The minimum Gasteiger partial charge on any atom is -0.409 e. The monoisotopic (exact) mass is 293 g/mol. The molecule has 2 aromatic carbocycles. The predicted octanol–water partition coefficient (Wildman–Crippen LogP) is 3.16. The fourth-order valence-corrected chi connectivity index (χ4v) is 2.13. The van der Waals surface area contributed by atoms with Crippen molar-refractivity contribution in [2.24, 2.45) is 10.3 Å². The molecule has 0 aliphatic heterocycles. The third-order valence-electron chi connectivity index (χ3n) is 3.23. The summed E-state index contributed by atoms with van der Waals surface area (Å²) in [6, 6.07) is 17.2. The molecule has 0 amide bonds. The van der Waals surface area contributed by atoms with Crippen molar-refractivity contribution in [1.82, 2.24) is 9.55 Å². The summed E-state index contributed by atoms with van der Waals surface area (Å²) in [4.78, 5) is 4.28. The zero-order valence-electron chi connectivity index (χ0n) is 12.0. The molecule has 0 fully saturated rings. The standard InChI is InChI=1S/C16H15N5O/c1-12(18-19-13-7-3-2-4-8-13)16(20-22)21-11-17-14-9-5-6-10-15(14)21/h2-11,19,22H,1H3/b18-12-,20-16-. The molecule has 6 heteroatoms. The van der Waals surface area contributed by atoms with Gasteiger partial charge in [-0.2, -0.15) is 5.10 Å². The third-order valence-corrected chi connectivity index (χ3v) is 3.23. The van der Waals surface area contributed by atoms with Gasteiger partial charge in [0.1, 0.15) is 12.0 Å². The van der Waals surface area contributed by atoms with E-state index in [1.54, 1.807) is 17.8 Å². The molecule has 0 aliphatic carbocycles. The highest BCUT2D eigenvalue weighted by atomic mass is 16.4. The molecule has 0 atom stereocenters. The van der Waals surface area contributed by atoms with Crippen molar-refractivity contribution in [3.8, 4) is 0 Å². The number of fused-ring (bicyclic) bond motifs is 1. The lowest BCUT2D eigenvalue weighted by molar-refractivity contribution is 0.318. The number of anilines is 1. The molecule has 0 saturated heterocycles. The van der Waals surface area contributed by atoms with Gasteiger partial charge in [-0.15, -0.1) is 0 Å². The van der Waals surface area contributed by atoms with E-state index in [4.69, 9.17) is 0 Å². The second-order valence-corrected chi connectivity index (χ2v) is 4.70. The largest absolute Gasteiger partial charge is 0.409 e. The second-order valence-electron chi connectivity index (χ2n) is 4.70. The van der Waals surface area contributed by atoms with E-state index in [-0.39, 0.29) is 0 Å². The summed E-state index contributed by atoms with van der Waals surface area (Å²) in [5.74, 6) is 0.317. The van der Waals surface area contributed by atoms with Crippen LogP contribution in [0.2, 0.25) is 0 Å². The number of nitrogens with one attached hydrogen (secondary N) is 1. The van der Waals surface area contributed by atoms with Gasteiger partial charge < -0.3 is 5.21 Å². The molecule has 110 valence electrons. The van der Waals surface area contributed by atoms with Gasteiger partial charge in [0.2, 0.25) is 5.84 Å². The molecule has 22 heavy (non-hydrogen) atoms. The molecule has 1 heterocycles. The Morgan fingerprint density at radius 3 is 2.59 bits per heavy atom. The first-order chi connectivity index (χ1) is 10.8. The van der Waals surface area contributed by atoms with E-state index in [0.29, 0.717) is 11.5 Å². The van der Waals surface area contributed by atoms with Gasteiger partial charge in [-0.3, -0.25) is 9.99 Å². The van der Waals surface area contributed by atoms with Crippen LogP contribution in [-0.4, -0.2) is 26.3 Å². The molecule has 3 rings (SSSR count). The zero-order valence-corrected chi connectivity index (χ0v) is 12.0. The van der Waals surface area contributed by atoms with Gasteiger partial charge in [0, 0.05) is 0 Å². The van der Waals surface area contributed by atoms with Crippen molar-refractivity contribution in [2.45, 2.75) is 6.92 Å². The van der Waals surface area contributed by atoms with E-state index in [2.05, 4.69) is 20.7 Å². The van der Waals surface area contributed by atoms with Crippen LogP contribution in [0.4, 0.5) is 5.69 Å². The molecular formula is C16H15N5O. The summed E-state index contributed by atoms with van der Waals surface area (Å²) in [5, 5.41) is 17.0. The Bertz CT molecular complexity index is 836. The quantitative estimate of drug-likeness (QED) is 0.337. The number of hydrogen-bond donors (Lipinski definition) is 2. The summed E-state index contributed by atoms with van der Waals surface area (Å²) >= 11 is 0. The Labute approximate surface area is 127 Å². The molecule has 0 saturated carbocycles. The molecule has 3 aromatic rings. The molecule has 0 aliphatic rings. The van der Waals surface area contributed by atoms with Crippen molar-refractivity contribution in [1.29, 1.82) is 0 Å². The van der Waals surface area contributed by atoms with Crippen molar-refractivity contribution in [2.75, 3.05) is 5.43 Å². The van der Waals surface area contributed by atoms with Crippen LogP contribution in [0.15, 0.2) is 71.2 Å². The number of aromatic nitrogens is 2. The number of benzene rings is 2. The van der Waals surface area contributed by atoms with Crippen LogP contribution in [0.3, 0.4) is 0 Å². The van der Waals surface area contributed by atoms with E-state index >= 15 is 0 Å². The zero-order chi connectivity index (χ0) is 15.4. The number of nitrogens with zero attached hydrogens (tertiary/aromatic N) is 4.